The van der Waals surface area contributed by atoms with E-state index in [0.717, 1.165) is 23.6 Å². The number of hydrogen-bond donors (Lipinski definition) is 0. The molecule has 1 heterocycles. The molecule has 0 saturated carbocycles. The first-order valence-corrected chi connectivity index (χ1v) is 11.0. The lowest BCUT2D eigenvalue weighted by Crippen LogP contribution is -2.29. The van der Waals surface area contributed by atoms with E-state index in [4.69, 9.17) is 4.43 Å². The van der Waals surface area contributed by atoms with Gasteiger partial charge in [0.2, 0.25) is 8.32 Å². The fourth-order valence-corrected chi connectivity index (χ4v) is 2.93. The van der Waals surface area contributed by atoms with Gasteiger partial charge in [0.05, 0.1) is 0 Å². The molecule has 0 radical (unpaired) electrons. The minimum atomic E-state index is -1.65. The largest absolute Gasteiger partial charge is 0.543 e. The van der Waals surface area contributed by atoms with E-state index in [0.29, 0.717) is 0 Å². The molecule has 0 aliphatic carbocycles. The molecule has 0 spiro atoms. The Morgan fingerprint density at radius 1 is 1.18 bits per heavy atom. The van der Waals surface area contributed by atoms with Gasteiger partial charge < -0.3 is 4.43 Å². The minimum Gasteiger partial charge on any atom is -0.543 e. The van der Waals surface area contributed by atoms with E-state index >= 15 is 0 Å². The van der Waals surface area contributed by atoms with Crippen molar-refractivity contribution in [3.05, 3.63) is 53.3 Å². The summed E-state index contributed by atoms with van der Waals surface area (Å²) in [6.07, 6.45) is 4.46. The van der Waals surface area contributed by atoms with E-state index in [-0.39, 0.29) is 0 Å². The van der Waals surface area contributed by atoms with Crippen LogP contribution in [0.15, 0.2) is 41.5 Å². The number of rotatable bonds is 5. The average Bonchev–Trinajstić information content (AvgIpc) is 2.41. The number of nitrogens with zero attached hydrogens (tertiary/aromatic N) is 2. The van der Waals surface area contributed by atoms with Gasteiger partial charge in [0.25, 0.3) is 0 Å². The van der Waals surface area contributed by atoms with Gasteiger partial charge in [-0.25, -0.2) is 0 Å². The molecule has 0 saturated heterocycles. The van der Waals surface area contributed by atoms with E-state index in [1.54, 1.807) is 0 Å². The molecule has 4 heteroatoms. The normalized spacial score (nSPS) is 11.9. The number of aromatic nitrogens is 1. The molecule has 1 aromatic heterocycles. The number of aryl methyl sites for hydroxylation is 2. The highest BCUT2D eigenvalue weighted by Gasteiger charge is 2.18. The van der Waals surface area contributed by atoms with Crippen molar-refractivity contribution in [1.82, 2.24) is 4.98 Å². The summed E-state index contributed by atoms with van der Waals surface area (Å²) in [5.41, 5.74) is 4.33. The zero-order chi connectivity index (χ0) is 16.2. The van der Waals surface area contributed by atoms with Crippen LogP contribution in [0.25, 0.3) is 0 Å². The predicted octanol–water partition coefficient (Wildman–Crippen LogP) is 4.86. The molecule has 3 nitrogen and oxygen atoms in total. The van der Waals surface area contributed by atoms with Gasteiger partial charge in [-0.3, -0.25) is 9.98 Å². The van der Waals surface area contributed by atoms with Crippen molar-refractivity contribution in [2.45, 2.75) is 39.9 Å². The first kappa shape index (κ1) is 16.4. The summed E-state index contributed by atoms with van der Waals surface area (Å²) in [5, 5.41) is 0. The molecular formula is C18H24N2OSi. The SMILES string of the molecule is Cc1ccc(N=CCc2ncccc2C)c(O[Si](C)(C)C)c1. The smallest absolute Gasteiger partial charge is 0.242 e. The van der Waals surface area contributed by atoms with Crippen LogP contribution in [0.3, 0.4) is 0 Å². The van der Waals surface area contributed by atoms with Crippen LogP contribution >= 0.6 is 0 Å². The summed E-state index contributed by atoms with van der Waals surface area (Å²) in [4.78, 5) is 8.99. The van der Waals surface area contributed by atoms with Crippen LogP contribution < -0.4 is 4.43 Å². The predicted molar refractivity (Wildman–Crippen MR) is 96.0 cm³/mol. The maximum absolute atomic E-state index is 6.15. The molecule has 0 bridgehead atoms. The third-order valence-electron chi connectivity index (χ3n) is 3.16. The van der Waals surface area contributed by atoms with Crippen molar-refractivity contribution in [2.24, 2.45) is 4.99 Å². The Labute approximate surface area is 134 Å². The Hall–Kier alpha value is -1.94. The van der Waals surface area contributed by atoms with Gasteiger partial charge in [-0.15, -0.1) is 0 Å². The number of hydrogen-bond acceptors (Lipinski definition) is 3. The molecule has 0 unspecified atom stereocenters. The van der Waals surface area contributed by atoms with Crippen molar-refractivity contribution in [3.8, 4) is 5.75 Å². The second-order valence-electron chi connectivity index (χ2n) is 6.47. The van der Waals surface area contributed by atoms with Crippen molar-refractivity contribution >= 4 is 20.2 Å². The Morgan fingerprint density at radius 2 is 1.95 bits per heavy atom. The van der Waals surface area contributed by atoms with Gasteiger partial charge in [-0.2, -0.15) is 0 Å². The number of aliphatic imine (C=N–C) groups is 1. The second kappa shape index (κ2) is 6.88. The van der Waals surface area contributed by atoms with Crippen LogP contribution in [0.2, 0.25) is 19.6 Å². The van der Waals surface area contributed by atoms with Crippen LogP contribution in [0.4, 0.5) is 5.69 Å². The molecule has 2 rings (SSSR count). The maximum Gasteiger partial charge on any atom is 0.242 e. The average molecular weight is 312 g/mol. The lowest BCUT2D eigenvalue weighted by Gasteiger charge is -2.20. The third-order valence-corrected chi connectivity index (χ3v) is 4.00. The Bertz CT molecular complexity index is 675. The van der Waals surface area contributed by atoms with Gasteiger partial charge >= 0.3 is 0 Å². The lowest BCUT2D eigenvalue weighted by molar-refractivity contribution is 0.558. The zero-order valence-electron chi connectivity index (χ0n) is 14.1. The molecule has 2 aromatic rings. The summed E-state index contributed by atoms with van der Waals surface area (Å²) >= 11 is 0. The molecule has 0 atom stereocenters. The van der Waals surface area contributed by atoms with Gasteiger partial charge in [0.1, 0.15) is 11.4 Å². The van der Waals surface area contributed by atoms with Crippen LogP contribution in [0.1, 0.15) is 16.8 Å². The van der Waals surface area contributed by atoms with E-state index in [2.05, 4.69) is 61.7 Å². The quantitative estimate of drug-likeness (QED) is 0.584. The Morgan fingerprint density at radius 3 is 2.64 bits per heavy atom. The van der Waals surface area contributed by atoms with Crippen molar-refractivity contribution in [3.63, 3.8) is 0 Å². The van der Waals surface area contributed by atoms with Crippen LogP contribution in [-0.2, 0) is 6.42 Å². The summed E-state index contributed by atoms with van der Waals surface area (Å²) < 4.78 is 6.15. The van der Waals surface area contributed by atoms with Gasteiger partial charge in [0, 0.05) is 24.5 Å². The van der Waals surface area contributed by atoms with Gasteiger partial charge in [0.15, 0.2) is 0 Å². The van der Waals surface area contributed by atoms with Crippen molar-refractivity contribution in [1.29, 1.82) is 0 Å². The van der Waals surface area contributed by atoms with Crippen LogP contribution in [0, 0.1) is 13.8 Å². The van der Waals surface area contributed by atoms with Crippen molar-refractivity contribution < 1.29 is 4.43 Å². The minimum absolute atomic E-state index is 0.729. The van der Waals surface area contributed by atoms with Gasteiger partial charge in [-0.1, -0.05) is 12.1 Å². The topological polar surface area (TPSA) is 34.5 Å². The molecule has 0 aliphatic heterocycles. The molecule has 116 valence electrons. The molecule has 0 fully saturated rings. The fourth-order valence-electron chi connectivity index (χ4n) is 2.10. The zero-order valence-corrected chi connectivity index (χ0v) is 15.1. The van der Waals surface area contributed by atoms with E-state index in [9.17, 15) is 0 Å². The standard InChI is InChI=1S/C18H24N2OSi/c1-14-8-9-17(18(13-14)21-22(3,4)5)20-12-10-16-15(2)7-6-11-19-16/h6-9,11-13H,10H2,1-5H3. The summed E-state index contributed by atoms with van der Waals surface area (Å²) in [6, 6.07) is 10.2. The number of benzene rings is 1. The number of pyridine rings is 1. The maximum atomic E-state index is 6.15. The summed E-state index contributed by atoms with van der Waals surface area (Å²) in [7, 11) is -1.65. The summed E-state index contributed by atoms with van der Waals surface area (Å²) in [6.45, 7) is 10.7. The third kappa shape index (κ3) is 4.81. The highest BCUT2D eigenvalue weighted by molar-refractivity contribution is 6.70. The molecule has 1 aromatic carbocycles. The Kier molecular flexibility index (Phi) is 5.14. The molecule has 0 aliphatic rings. The van der Waals surface area contributed by atoms with E-state index in [1.165, 1.54) is 11.1 Å². The molecule has 0 N–H and O–H groups in total. The molecule has 0 amide bonds. The first-order chi connectivity index (χ1) is 10.3. The second-order valence-corrected chi connectivity index (χ2v) is 10.9. The molecular weight excluding hydrogens is 288 g/mol. The van der Waals surface area contributed by atoms with Crippen LogP contribution in [-0.4, -0.2) is 19.5 Å². The van der Waals surface area contributed by atoms with E-state index < -0.39 is 8.32 Å². The highest BCUT2D eigenvalue weighted by Crippen LogP contribution is 2.30. The van der Waals surface area contributed by atoms with E-state index in [1.807, 2.05) is 24.5 Å². The highest BCUT2D eigenvalue weighted by atomic mass is 28.4. The van der Waals surface area contributed by atoms with Crippen LogP contribution in [0.5, 0.6) is 5.75 Å². The van der Waals surface area contributed by atoms with Crippen molar-refractivity contribution in [2.75, 3.05) is 0 Å². The first-order valence-electron chi connectivity index (χ1n) is 7.58. The molecule has 22 heavy (non-hydrogen) atoms. The van der Waals surface area contributed by atoms with Gasteiger partial charge in [-0.05, 0) is 62.8 Å². The fraction of sp³-hybridized carbons (Fsp3) is 0.333. The monoisotopic (exact) mass is 312 g/mol. The summed E-state index contributed by atoms with van der Waals surface area (Å²) in [5.74, 6) is 0.883. The Balaban J connectivity index is 2.18. The lowest BCUT2D eigenvalue weighted by atomic mass is 10.2.